The molecular formula is CH4N3O2S2. The lowest BCUT2D eigenvalue weighted by molar-refractivity contribution is 0.578. The number of hydrazine groups is 1. The molecule has 0 amide bonds. The SMILES string of the molecule is [NH]S(=O)(=O)NNC=S. The largest absolute Gasteiger partial charge is 0.307 e. The van der Waals surface area contributed by atoms with Gasteiger partial charge in [-0.25, -0.2) is 0 Å². The summed E-state index contributed by atoms with van der Waals surface area (Å²) >= 11 is 4.17. The molecule has 0 bridgehead atoms. The van der Waals surface area contributed by atoms with Gasteiger partial charge in [-0.1, -0.05) is 12.2 Å². The van der Waals surface area contributed by atoms with Crippen LogP contribution in [0, 0.1) is 0 Å². The van der Waals surface area contributed by atoms with Crippen LogP contribution in [0.5, 0.6) is 0 Å². The molecule has 0 saturated carbocycles. The Labute approximate surface area is 52.4 Å². The summed E-state index contributed by atoms with van der Waals surface area (Å²) in [5.74, 6) is 0. The van der Waals surface area contributed by atoms with Crippen LogP contribution in [0.3, 0.4) is 0 Å². The van der Waals surface area contributed by atoms with E-state index in [2.05, 4.69) is 12.2 Å². The Morgan fingerprint density at radius 1 is 1.62 bits per heavy atom. The third-order valence-electron chi connectivity index (χ3n) is 0.252. The van der Waals surface area contributed by atoms with Gasteiger partial charge in [-0.3, -0.25) is 0 Å². The second kappa shape index (κ2) is 2.92. The van der Waals surface area contributed by atoms with Crippen LogP contribution in [-0.2, 0) is 10.2 Å². The fourth-order valence-corrected chi connectivity index (χ4v) is 0.449. The van der Waals surface area contributed by atoms with Crippen LogP contribution < -0.4 is 15.4 Å². The van der Waals surface area contributed by atoms with Crippen LogP contribution in [0.4, 0.5) is 0 Å². The molecule has 0 rings (SSSR count). The van der Waals surface area contributed by atoms with E-state index in [0.29, 0.717) is 0 Å². The van der Waals surface area contributed by atoms with Gasteiger partial charge in [0.15, 0.2) is 0 Å². The summed E-state index contributed by atoms with van der Waals surface area (Å²) in [6, 6.07) is 0. The zero-order chi connectivity index (χ0) is 6.62. The van der Waals surface area contributed by atoms with Crippen molar-refractivity contribution in [1.29, 1.82) is 0 Å². The molecule has 0 aliphatic carbocycles. The smallest absolute Gasteiger partial charge is 0.304 e. The minimum atomic E-state index is -3.90. The van der Waals surface area contributed by atoms with Crippen molar-refractivity contribution in [1.82, 2.24) is 15.4 Å². The minimum Gasteiger partial charge on any atom is -0.304 e. The number of hydrogen-bond donors (Lipinski definition) is 2. The van der Waals surface area contributed by atoms with Gasteiger partial charge in [0.25, 0.3) is 0 Å². The highest BCUT2D eigenvalue weighted by Crippen LogP contribution is 1.60. The highest BCUT2D eigenvalue weighted by atomic mass is 32.2. The highest BCUT2D eigenvalue weighted by Gasteiger charge is 1.95. The summed E-state index contributed by atoms with van der Waals surface area (Å²) in [6.07, 6.45) is 0. The number of thiocarbonyl (C=S) groups is 1. The summed E-state index contributed by atoms with van der Waals surface area (Å²) < 4.78 is 19.6. The van der Waals surface area contributed by atoms with E-state index in [1.165, 1.54) is 0 Å². The number of hydrogen-bond acceptors (Lipinski definition) is 3. The summed E-state index contributed by atoms with van der Waals surface area (Å²) in [6.45, 7) is 0. The van der Waals surface area contributed by atoms with Crippen LogP contribution in [0.1, 0.15) is 0 Å². The average Bonchev–Trinajstić information content (AvgIpc) is 1.59. The van der Waals surface area contributed by atoms with Crippen LogP contribution in [0.15, 0.2) is 0 Å². The zero-order valence-electron chi connectivity index (χ0n) is 3.71. The molecule has 1 radical (unpaired) electrons. The minimum absolute atomic E-state index is 0.950. The predicted octanol–water partition coefficient (Wildman–Crippen LogP) is -1.43. The number of nitrogens with one attached hydrogen (secondary N) is 3. The first-order valence-electron chi connectivity index (χ1n) is 1.52. The molecule has 3 N–H and O–H groups in total. The lowest BCUT2D eigenvalue weighted by Gasteiger charge is -1.94. The molecule has 0 saturated heterocycles. The highest BCUT2D eigenvalue weighted by molar-refractivity contribution is 7.86. The second-order valence-corrected chi connectivity index (χ2v) is 2.31. The summed E-state index contributed by atoms with van der Waals surface area (Å²) in [5, 5.41) is 6.17. The molecule has 47 valence electrons. The molecule has 5 nitrogen and oxygen atoms in total. The Balaban J connectivity index is 3.57. The summed E-state index contributed by atoms with van der Waals surface area (Å²) in [4.78, 5) is 1.60. The van der Waals surface area contributed by atoms with E-state index < -0.39 is 10.2 Å². The van der Waals surface area contributed by atoms with Gasteiger partial charge in [0.2, 0.25) is 0 Å². The molecule has 0 spiro atoms. The maximum absolute atomic E-state index is 9.82. The summed E-state index contributed by atoms with van der Waals surface area (Å²) in [5.41, 5.74) is 2.90. The van der Waals surface area contributed by atoms with E-state index in [-0.39, 0.29) is 0 Å². The Morgan fingerprint density at radius 2 is 2.12 bits per heavy atom. The molecule has 0 atom stereocenters. The predicted molar refractivity (Wildman–Crippen MR) is 31.9 cm³/mol. The molecule has 0 unspecified atom stereocenters. The first kappa shape index (κ1) is 7.76. The van der Waals surface area contributed by atoms with Gasteiger partial charge in [0.05, 0.1) is 5.49 Å². The van der Waals surface area contributed by atoms with Crippen molar-refractivity contribution in [2.75, 3.05) is 0 Å². The molecule has 0 aromatic rings. The first-order valence-corrected chi connectivity index (χ1v) is 3.47. The average molecular weight is 154 g/mol. The van der Waals surface area contributed by atoms with Gasteiger partial charge in [0.1, 0.15) is 0 Å². The van der Waals surface area contributed by atoms with Gasteiger partial charge < -0.3 is 5.43 Å². The van der Waals surface area contributed by atoms with Crippen LogP contribution >= 0.6 is 12.2 Å². The molecule has 0 aliphatic rings. The van der Waals surface area contributed by atoms with E-state index in [9.17, 15) is 8.42 Å². The van der Waals surface area contributed by atoms with Crippen molar-refractivity contribution in [2.24, 2.45) is 0 Å². The molecule has 0 aromatic carbocycles. The third kappa shape index (κ3) is 5.76. The topological polar surface area (TPSA) is 82.0 Å². The molecular weight excluding hydrogens is 150 g/mol. The fourth-order valence-electron chi connectivity index (χ4n) is 0.102. The van der Waals surface area contributed by atoms with Crippen LogP contribution in [-0.4, -0.2) is 13.9 Å². The van der Waals surface area contributed by atoms with E-state index >= 15 is 0 Å². The Bertz CT molecular complexity index is 160. The molecule has 0 aliphatic heterocycles. The van der Waals surface area contributed by atoms with Gasteiger partial charge in [0, 0.05) is 0 Å². The molecule has 0 heterocycles. The monoisotopic (exact) mass is 154 g/mol. The molecule has 8 heavy (non-hydrogen) atoms. The maximum atomic E-state index is 9.82. The van der Waals surface area contributed by atoms with E-state index in [0.717, 1.165) is 5.49 Å². The van der Waals surface area contributed by atoms with Gasteiger partial charge >= 0.3 is 10.2 Å². The van der Waals surface area contributed by atoms with Crippen molar-refractivity contribution in [2.45, 2.75) is 0 Å². The van der Waals surface area contributed by atoms with Crippen molar-refractivity contribution >= 4 is 27.9 Å². The second-order valence-electron chi connectivity index (χ2n) is 0.868. The fraction of sp³-hybridized carbons (Fsp3) is 0. The Hall–Kier alpha value is -0.240. The van der Waals surface area contributed by atoms with Crippen molar-refractivity contribution in [3.8, 4) is 0 Å². The normalized spacial score (nSPS) is 10.6. The number of rotatable bonds is 3. The standard InChI is InChI=1S/CH4N3O2S2/c2-8(5,6)4-3-1-7/h1-2,4H,(H,3,7). The Kier molecular flexibility index (Phi) is 2.84. The van der Waals surface area contributed by atoms with Gasteiger partial charge in [-0.15, -0.1) is 9.97 Å². The summed E-state index contributed by atoms with van der Waals surface area (Å²) in [7, 11) is -3.90. The van der Waals surface area contributed by atoms with Gasteiger partial charge in [-0.2, -0.15) is 8.42 Å². The zero-order valence-corrected chi connectivity index (χ0v) is 5.34. The van der Waals surface area contributed by atoms with Gasteiger partial charge in [-0.05, 0) is 0 Å². The van der Waals surface area contributed by atoms with Crippen molar-refractivity contribution in [3.05, 3.63) is 0 Å². The molecule has 0 fully saturated rings. The van der Waals surface area contributed by atoms with Crippen molar-refractivity contribution in [3.63, 3.8) is 0 Å². The first-order chi connectivity index (χ1) is 3.56. The lowest BCUT2D eigenvalue weighted by atomic mass is 11.5. The van der Waals surface area contributed by atoms with E-state index in [1.54, 1.807) is 4.83 Å². The maximum Gasteiger partial charge on any atom is 0.307 e. The quantitative estimate of drug-likeness (QED) is 0.385. The van der Waals surface area contributed by atoms with Crippen molar-refractivity contribution < 1.29 is 8.42 Å². The van der Waals surface area contributed by atoms with E-state index in [1.807, 2.05) is 5.43 Å². The third-order valence-corrected chi connectivity index (χ3v) is 0.757. The van der Waals surface area contributed by atoms with Crippen LogP contribution in [0.2, 0.25) is 0 Å². The van der Waals surface area contributed by atoms with Crippen LogP contribution in [0.25, 0.3) is 0 Å². The molecule has 7 heteroatoms. The lowest BCUT2D eigenvalue weighted by Crippen LogP contribution is -2.35. The molecule has 0 aromatic heterocycles. The van der Waals surface area contributed by atoms with E-state index in [4.69, 9.17) is 5.14 Å². The Morgan fingerprint density at radius 3 is 2.25 bits per heavy atom.